The highest BCUT2D eigenvalue weighted by atomic mass is 32.2. The number of nitrogens with one attached hydrogen (secondary N) is 2. The van der Waals surface area contributed by atoms with Gasteiger partial charge in [0.05, 0.1) is 37.9 Å². The van der Waals surface area contributed by atoms with E-state index in [1.807, 2.05) is 104 Å². The minimum absolute atomic E-state index is 0.0293. The molecule has 2 aliphatic heterocycles. The zero-order valence-electron chi connectivity index (χ0n) is 36.4. The maximum absolute atomic E-state index is 13.8. The summed E-state index contributed by atoms with van der Waals surface area (Å²) in [5.41, 5.74) is 9.74. The van der Waals surface area contributed by atoms with Crippen LogP contribution in [0.4, 0.5) is 0 Å². The fraction of sp³-hybridized carbons (Fsp3) is 0.288. The summed E-state index contributed by atoms with van der Waals surface area (Å²) < 4.78 is 54.3. The molecule has 12 heteroatoms. The molecular weight excluding hydrogens is 827 g/mol. The standard InChI is InChI=1S/C52H55N3O8S/c1-35-15-21-46(22-16-35)64(58,59)54-47(26-36-9-5-4-6-10-36)51(57)53-31-38-11-7-12-40(25-38)41-13-8-14-43(27-41)52-62-45(30-48(63-52)39-19-17-37(34-56)18-20-39)33-55-24-23-42-28-49(60-2)50(61-3)29-44(42)32-55/h4-22,25,27-29,45,47-48,52,54,56H,23-24,26,30-34H2,1-3H3,(H,53,57)/t45-,47-,48+,52+/m1/s1. The van der Waals surface area contributed by atoms with Crippen LogP contribution in [0.2, 0.25) is 0 Å². The minimum atomic E-state index is -3.98. The van der Waals surface area contributed by atoms with Gasteiger partial charge in [-0.25, -0.2) is 8.42 Å². The van der Waals surface area contributed by atoms with Gasteiger partial charge in [0, 0.05) is 38.2 Å². The second-order valence-electron chi connectivity index (χ2n) is 16.5. The molecular formula is C52H55N3O8S. The van der Waals surface area contributed by atoms with E-state index >= 15 is 0 Å². The van der Waals surface area contributed by atoms with Gasteiger partial charge in [-0.2, -0.15) is 4.72 Å². The molecule has 4 atom stereocenters. The highest BCUT2D eigenvalue weighted by Crippen LogP contribution is 2.40. The van der Waals surface area contributed by atoms with Crippen molar-refractivity contribution in [1.82, 2.24) is 14.9 Å². The van der Waals surface area contributed by atoms with E-state index < -0.39 is 28.3 Å². The van der Waals surface area contributed by atoms with Gasteiger partial charge in [-0.05, 0) is 101 Å². The van der Waals surface area contributed by atoms with E-state index in [0.29, 0.717) is 13.0 Å². The smallest absolute Gasteiger partial charge is 0.241 e. The number of benzene rings is 6. The number of nitrogens with zero attached hydrogens (tertiary/aromatic N) is 1. The van der Waals surface area contributed by atoms with E-state index in [1.54, 1.807) is 38.5 Å². The molecule has 1 fully saturated rings. The highest BCUT2D eigenvalue weighted by Gasteiger charge is 2.34. The molecule has 3 N–H and O–H groups in total. The Hall–Kier alpha value is -5.86. The largest absolute Gasteiger partial charge is 0.493 e. The lowest BCUT2D eigenvalue weighted by Gasteiger charge is -2.39. The molecule has 2 heterocycles. The van der Waals surface area contributed by atoms with Crippen LogP contribution in [-0.2, 0) is 56.8 Å². The molecule has 6 aromatic carbocycles. The number of aliphatic hydroxyl groups excluding tert-OH is 1. The molecule has 0 radical (unpaired) electrons. The van der Waals surface area contributed by atoms with E-state index in [2.05, 4.69) is 33.1 Å². The molecule has 0 spiro atoms. The summed E-state index contributed by atoms with van der Waals surface area (Å²) in [6.07, 6.45) is 0.724. The van der Waals surface area contributed by atoms with Crippen LogP contribution in [-0.4, -0.2) is 63.8 Å². The van der Waals surface area contributed by atoms with Crippen LogP contribution >= 0.6 is 0 Å². The maximum atomic E-state index is 13.8. The maximum Gasteiger partial charge on any atom is 0.241 e. The van der Waals surface area contributed by atoms with Gasteiger partial charge in [0.2, 0.25) is 15.9 Å². The fourth-order valence-corrected chi connectivity index (χ4v) is 9.66. The van der Waals surface area contributed by atoms with Crippen molar-refractivity contribution in [3.8, 4) is 22.6 Å². The van der Waals surface area contributed by atoms with Gasteiger partial charge in [0.15, 0.2) is 17.8 Å². The van der Waals surface area contributed by atoms with Gasteiger partial charge < -0.3 is 29.4 Å². The topological polar surface area (TPSA) is 136 Å². The minimum Gasteiger partial charge on any atom is -0.493 e. The van der Waals surface area contributed by atoms with Crippen LogP contribution < -0.4 is 19.5 Å². The van der Waals surface area contributed by atoms with E-state index in [-0.39, 0.29) is 36.7 Å². The number of methoxy groups -OCH3 is 2. The van der Waals surface area contributed by atoms with Gasteiger partial charge in [-0.3, -0.25) is 9.69 Å². The number of amides is 1. The molecule has 8 rings (SSSR count). The molecule has 0 unspecified atom stereocenters. The lowest BCUT2D eigenvalue weighted by Crippen LogP contribution is -2.47. The van der Waals surface area contributed by atoms with Crippen LogP contribution in [0.3, 0.4) is 0 Å². The average Bonchev–Trinajstić information content (AvgIpc) is 3.33. The third kappa shape index (κ3) is 10.9. The second kappa shape index (κ2) is 20.3. The molecule has 11 nitrogen and oxygen atoms in total. The number of carbonyl (C=O) groups excluding carboxylic acids is 1. The van der Waals surface area contributed by atoms with Crippen molar-refractivity contribution in [2.24, 2.45) is 0 Å². The monoisotopic (exact) mass is 881 g/mol. The Bertz CT molecular complexity index is 2640. The Balaban J connectivity index is 0.983. The number of fused-ring (bicyclic) bond motifs is 1. The molecule has 1 amide bonds. The molecule has 6 aromatic rings. The van der Waals surface area contributed by atoms with Crippen molar-refractivity contribution in [2.75, 3.05) is 27.3 Å². The summed E-state index contributed by atoms with van der Waals surface area (Å²) in [7, 11) is -0.658. The Kier molecular flexibility index (Phi) is 14.2. The lowest BCUT2D eigenvalue weighted by molar-refractivity contribution is -0.253. The average molecular weight is 882 g/mol. The summed E-state index contributed by atoms with van der Waals surface area (Å²) in [5.74, 6) is 1.03. The van der Waals surface area contributed by atoms with Gasteiger partial charge in [-0.1, -0.05) is 109 Å². The van der Waals surface area contributed by atoms with Crippen LogP contribution in [0.1, 0.15) is 63.3 Å². The predicted octanol–water partition coefficient (Wildman–Crippen LogP) is 7.98. The number of aryl methyl sites for hydroxylation is 1. The Morgan fingerprint density at radius 3 is 2.17 bits per heavy atom. The number of hydrogen-bond donors (Lipinski definition) is 3. The quantitative estimate of drug-likeness (QED) is 0.0885. The molecule has 0 aliphatic carbocycles. The summed E-state index contributed by atoms with van der Waals surface area (Å²) in [6, 6.07) is 43.0. The summed E-state index contributed by atoms with van der Waals surface area (Å²) in [6.45, 7) is 4.41. The SMILES string of the molecule is COc1cc2c(cc1OC)CN(C[C@H]1C[C@@H](c3ccc(CO)cc3)O[C@@H](c3cccc(-c4cccc(CNC(=O)[C@@H](Cc5ccccc5)NS(=O)(=O)c5ccc(C)cc5)c4)c3)O1)CC2. The first-order valence-electron chi connectivity index (χ1n) is 21.6. The summed E-state index contributed by atoms with van der Waals surface area (Å²) in [4.78, 5) is 16.3. The lowest BCUT2D eigenvalue weighted by atomic mass is 9.96. The van der Waals surface area contributed by atoms with Crippen molar-refractivity contribution < 1.29 is 37.3 Å². The first-order valence-corrected chi connectivity index (χ1v) is 23.1. The molecule has 0 bridgehead atoms. The van der Waals surface area contributed by atoms with E-state index in [9.17, 15) is 18.3 Å². The molecule has 2 aliphatic rings. The molecule has 0 aromatic heterocycles. The zero-order chi connectivity index (χ0) is 44.6. The second-order valence-corrected chi connectivity index (χ2v) is 18.2. The number of sulfonamides is 1. The normalized spacial score (nSPS) is 18.2. The number of carbonyl (C=O) groups is 1. The van der Waals surface area contributed by atoms with Crippen LogP contribution in [0.15, 0.2) is 144 Å². The van der Waals surface area contributed by atoms with Gasteiger partial charge >= 0.3 is 0 Å². The number of hydrogen-bond acceptors (Lipinski definition) is 9. The number of aliphatic hydroxyl groups is 1. The van der Waals surface area contributed by atoms with Crippen LogP contribution in [0.25, 0.3) is 11.1 Å². The van der Waals surface area contributed by atoms with Crippen molar-refractivity contribution in [3.63, 3.8) is 0 Å². The van der Waals surface area contributed by atoms with Crippen molar-refractivity contribution in [3.05, 3.63) is 184 Å². The molecule has 332 valence electrons. The number of ether oxygens (including phenoxy) is 4. The van der Waals surface area contributed by atoms with Crippen LogP contribution in [0.5, 0.6) is 11.5 Å². The molecule has 64 heavy (non-hydrogen) atoms. The third-order valence-electron chi connectivity index (χ3n) is 12.0. The van der Waals surface area contributed by atoms with E-state index in [4.69, 9.17) is 18.9 Å². The van der Waals surface area contributed by atoms with Gasteiger partial charge in [0.1, 0.15) is 6.04 Å². The first-order chi connectivity index (χ1) is 31.1. The van der Waals surface area contributed by atoms with Crippen LogP contribution in [0, 0.1) is 6.92 Å². The van der Waals surface area contributed by atoms with Crippen molar-refractivity contribution >= 4 is 15.9 Å². The van der Waals surface area contributed by atoms with Gasteiger partial charge in [-0.15, -0.1) is 0 Å². The van der Waals surface area contributed by atoms with Crippen molar-refractivity contribution in [1.29, 1.82) is 0 Å². The third-order valence-corrected chi connectivity index (χ3v) is 13.5. The van der Waals surface area contributed by atoms with E-state index in [0.717, 1.165) is 75.5 Å². The highest BCUT2D eigenvalue weighted by molar-refractivity contribution is 7.89. The van der Waals surface area contributed by atoms with Crippen molar-refractivity contribution in [2.45, 2.75) is 75.3 Å². The predicted molar refractivity (Wildman–Crippen MR) is 246 cm³/mol. The number of rotatable bonds is 16. The Morgan fingerprint density at radius 1 is 0.766 bits per heavy atom. The first kappa shape index (κ1) is 44.7. The summed E-state index contributed by atoms with van der Waals surface area (Å²) in [5, 5.41) is 12.7. The molecule has 1 saturated heterocycles. The van der Waals surface area contributed by atoms with Gasteiger partial charge in [0.25, 0.3) is 0 Å². The zero-order valence-corrected chi connectivity index (χ0v) is 37.2. The summed E-state index contributed by atoms with van der Waals surface area (Å²) >= 11 is 0. The van der Waals surface area contributed by atoms with E-state index in [1.165, 1.54) is 11.1 Å². The fourth-order valence-electron chi connectivity index (χ4n) is 8.47. The Morgan fingerprint density at radius 2 is 1.45 bits per heavy atom. The Labute approximate surface area is 376 Å². The molecule has 0 saturated carbocycles.